The van der Waals surface area contributed by atoms with Crippen LogP contribution in [0.15, 0.2) is 22.9 Å². The highest BCUT2D eigenvalue weighted by molar-refractivity contribution is 9.10. The van der Waals surface area contributed by atoms with Crippen LogP contribution in [-0.4, -0.2) is 25.1 Å². The molecule has 2 aromatic rings. The summed E-state index contributed by atoms with van der Waals surface area (Å²) in [7, 11) is 0. The number of aliphatic hydroxyl groups excluding tert-OH is 1. The largest absolute Gasteiger partial charge is 0.390 e. The van der Waals surface area contributed by atoms with Gasteiger partial charge < -0.3 is 5.11 Å². The van der Waals surface area contributed by atoms with Crippen molar-refractivity contribution >= 4 is 15.9 Å². The number of nitrogens with zero attached hydrogens (tertiary/aromatic N) is 4. The van der Waals surface area contributed by atoms with Crippen LogP contribution in [0.2, 0.25) is 0 Å². The van der Waals surface area contributed by atoms with Gasteiger partial charge >= 0.3 is 0 Å². The molecule has 78 valence electrons. The van der Waals surface area contributed by atoms with Gasteiger partial charge in [-0.25, -0.2) is 4.98 Å². The standard InChI is InChI=1S/C9H9BrN4O/c1-6-8(5-15)13-14(12-6)7-2-3-9(10)11-4-7/h2-4,15H,5H2,1H3. The summed E-state index contributed by atoms with van der Waals surface area (Å²) in [5, 5.41) is 17.3. The number of rotatable bonds is 2. The third-order valence-electron chi connectivity index (χ3n) is 1.97. The van der Waals surface area contributed by atoms with Crippen molar-refractivity contribution in [1.29, 1.82) is 0 Å². The van der Waals surface area contributed by atoms with Crippen LogP contribution in [-0.2, 0) is 6.61 Å². The zero-order valence-corrected chi connectivity index (χ0v) is 9.64. The Morgan fingerprint density at radius 3 is 2.73 bits per heavy atom. The van der Waals surface area contributed by atoms with Crippen LogP contribution in [0.25, 0.3) is 5.69 Å². The molecule has 2 heterocycles. The van der Waals surface area contributed by atoms with Crippen LogP contribution in [0.3, 0.4) is 0 Å². The molecule has 1 N–H and O–H groups in total. The lowest BCUT2D eigenvalue weighted by Crippen LogP contribution is -1.99. The first-order valence-corrected chi connectivity index (χ1v) is 5.15. The normalized spacial score (nSPS) is 10.6. The minimum atomic E-state index is -0.101. The molecule has 6 heteroatoms. The monoisotopic (exact) mass is 268 g/mol. The highest BCUT2D eigenvalue weighted by Crippen LogP contribution is 2.10. The van der Waals surface area contributed by atoms with Crippen molar-refractivity contribution < 1.29 is 5.11 Å². The van der Waals surface area contributed by atoms with Crippen LogP contribution >= 0.6 is 15.9 Å². The van der Waals surface area contributed by atoms with Gasteiger partial charge in [-0.1, -0.05) is 0 Å². The molecule has 0 aromatic carbocycles. The third-order valence-corrected chi connectivity index (χ3v) is 2.44. The highest BCUT2D eigenvalue weighted by atomic mass is 79.9. The molecule has 0 unspecified atom stereocenters. The van der Waals surface area contributed by atoms with E-state index in [9.17, 15) is 0 Å². The van der Waals surface area contributed by atoms with Crippen LogP contribution in [0, 0.1) is 6.92 Å². The Balaban J connectivity index is 2.41. The third kappa shape index (κ3) is 2.05. The van der Waals surface area contributed by atoms with Gasteiger partial charge in [-0.15, -0.1) is 4.80 Å². The molecule has 5 nitrogen and oxygen atoms in total. The Hall–Kier alpha value is -1.27. The second-order valence-electron chi connectivity index (χ2n) is 3.02. The summed E-state index contributed by atoms with van der Waals surface area (Å²) in [5.74, 6) is 0. The van der Waals surface area contributed by atoms with E-state index in [1.165, 1.54) is 4.80 Å². The molecule has 0 aliphatic carbocycles. The van der Waals surface area contributed by atoms with E-state index in [1.54, 1.807) is 13.1 Å². The second kappa shape index (κ2) is 4.08. The minimum Gasteiger partial charge on any atom is -0.390 e. The maximum absolute atomic E-state index is 8.98. The Labute approximate surface area is 94.9 Å². The summed E-state index contributed by atoms with van der Waals surface area (Å²) in [5.41, 5.74) is 2.07. The number of hydrogen-bond acceptors (Lipinski definition) is 4. The van der Waals surface area contributed by atoms with Crippen LogP contribution in [0.5, 0.6) is 0 Å². The topological polar surface area (TPSA) is 63.8 Å². The maximum atomic E-state index is 8.98. The molecule has 0 aliphatic rings. The van der Waals surface area contributed by atoms with Crippen molar-refractivity contribution in [2.75, 3.05) is 0 Å². The molecule has 0 atom stereocenters. The van der Waals surface area contributed by atoms with Crippen molar-refractivity contribution in [3.63, 3.8) is 0 Å². The van der Waals surface area contributed by atoms with E-state index in [-0.39, 0.29) is 6.61 Å². The van der Waals surface area contributed by atoms with Crippen LogP contribution in [0.4, 0.5) is 0 Å². The number of aryl methyl sites for hydroxylation is 1. The number of aromatic nitrogens is 4. The molecule has 0 radical (unpaired) electrons. The van der Waals surface area contributed by atoms with Crippen LogP contribution < -0.4 is 0 Å². The molecule has 2 aromatic heterocycles. The van der Waals surface area contributed by atoms with Gasteiger partial charge in [0.15, 0.2) is 0 Å². The number of halogens is 1. The van der Waals surface area contributed by atoms with E-state index in [0.29, 0.717) is 5.69 Å². The van der Waals surface area contributed by atoms with Crippen molar-refractivity contribution in [2.45, 2.75) is 13.5 Å². The van der Waals surface area contributed by atoms with Gasteiger partial charge in [0.2, 0.25) is 0 Å². The van der Waals surface area contributed by atoms with E-state index in [4.69, 9.17) is 5.11 Å². The quantitative estimate of drug-likeness (QED) is 0.833. The summed E-state index contributed by atoms with van der Waals surface area (Å²) < 4.78 is 0.762. The van der Waals surface area contributed by atoms with E-state index in [2.05, 4.69) is 31.1 Å². The van der Waals surface area contributed by atoms with Gasteiger partial charge in [0.25, 0.3) is 0 Å². The van der Waals surface area contributed by atoms with E-state index in [0.717, 1.165) is 16.0 Å². The summed E-state index contributed by atoms with van der Waals surface area (Å²) in [6, 6.07) is 3.66. The lowest BCUT2D eigenvalue weighted by atomic mass is 10.4. The summed E-state index contributed by atoms with van der Waals surface area (Å²) >= 11 is 3.25. The first-order valence-electron chi connectivity index (χ1n) is 4.36. The fourth-order valence-electron chi connectivity index (χ4n) is 1.16. The predicted octanol–water partition coefficient (Wildman–Crippen LogP) is 1.23. The van der Waals surface area contributed by atoms with Gasteiger partial charge in [-0.05, 0) is 35.0 Å². The predicted molar refractivity (Wildman–Crippen MR) is 57.5 cm³/mol. The fourth-order valence-corrected chi connectivity index (χ4v) is 1.39. The van der Waals surface area contributed by atoms with Crippen molar-refractivity contribution in [3.05, 3.63) is 34.3 Å². The molecule has 0 bridgehead atoms. The Bertz CT molecular complexity index is 465. The van der Waals surface area contributed by atoms with Gasteiger partial charge in [-0.2, -0.15) is 10.2 Å². The van der Waals surface area contributed by atoms with Crippen molar-refractivity contribution in [3.8, 4) is 5.69 Å². The average molecular weight is 269 g/mol. The van der Waals surface area contributed by atoms with Gasteiger partial charge in [-0.3, -0.25) is 0 Å². The second-order valence-corrected chi connectivity index (χ2v) is 3.83. The molecule has 0 amide bonds. The fraction of sp³-hybridized carbons (Fsp3) is 0.222. The molecule has 2 rings (SSSR count). The molecular weight excluding hydrogens is 260 g/mol. The molecule has 0 fully saturated rings. The summed E-state index contributed by atoms with van der Waals surface area (Å²) in [4.78, 5) is 5.53. The maximum Gasteiger partial charge on any atom is 0.111 e. The van der Waals surface area contributed by atoms with Crippen molar-refractivity contribution in [2.24, 2.45) is 0 Å². The summed E-state index contributed by atoms with van der Waals surface area (Å²) in [6.45, 7) is 1.71. The van der Waals surface area contributed by atoms with E-state index in [1.807, 2.05) is 12.1 Å². The molecule has 15 heavy (non-hydrogen) atoms. The lowest BCUT2D eigenvalue weighted by Gasteiger charge is -1.97. The van der Waals surface area contributed by atoms with Gasteiger partial charge in [0.1, 0.15) is 16.0 Å². The zero-order chi connectivity index (χ0) is 10.8. The number of aliphatic hydroxyl groups is 1. The van der Waals surface area contributed by atoms with E-state index >= 15 is 0 Å². The minimum absolute atomic E-state index is 0.101. The van der Waals surface area contributed by atoms with Gasteiger partial charge in [0.05, 0.1) is 18.5 Å². The highest BCUT2D eigenvalue weighted by Gasteiger charge is 2.06. The number of hydrogen-bond donors (Lipinski definition) is 1. The lowest BCUT2D eigenvalue weighted by molar-refractivity contribution is 0.275. The van der Waals surface area contributed by atoms with Crippen molar-refractivity contribution in [1.82, 2.24) is 20.0 Å². The first kappa shape index (κ1) is 10.3. The SMILES string of the molecule is Cc1nn(-c2ccc(Br)nc2)nc1CO. The Morgan fingerprint density at radius 1 is 1.40 bits per heavy atom. The zero-order valence-electron chi connectivity index (χ0n) is 8.05. The van der Waals surface area contributed by atoms with E-state index < -0.39 is 0 Å². The summed E-state index contributed by atoms with van der Waals surface area (Å²) in [6.07, 6.45) is 1.66. The molecule has 0 saturated carbocycles. The molecule has 0 spiro atoms. The Morgan fingerprint density at radius 2 is 2.20 bits per heavy atom. The first-order chi connectivity index (χ1) is 7.20. The number of pyridine rings is 1. The van der Waals surface area contributed by atoms with Gasteiger partial charge in [0, 0.05) is 0 Å². The Kier molecular flexibility index (Phi) is 2.79. The average Bonchev–Trinajstić information content (AvgIpc) is 2.61. The molecular formula is C9H9BrN4O. The molecule has 0 aliphatic heterocycles. The smallest absolute Gasteiger partial charge is 0.111 e. The molecule has 0 saturated heterocycles. The van der Waals surface area contributed by atoms with Crippen LogP contribution in [0.1, 0.15) is 11.4 Å².